The van der Waals surface area contributed by atoms with Crippen LogP contribution in [-0.4, -0.2) is 23.3 Å². The summed E-state index contributed by atoms with van der Waals surface area (Å²) in [5.41, 5.74) is 5.71. The van der Waals surface area contributed by atoms with Gasteiger partial charge in [0, 0.05) is 12.1 Å². The molecule has 2 N–H and O–H groups in total. The van der Waals surface area contributed by atoms with E-state index >= 15 is 0 Å². The van der Waals surface area contributed by atoms with Crippen LogP contribution in [0.2, 0.25) is 0 Å². The van der Waals surface area contributed by atoms with Gasteiger partial charge in [0.25, 0.3) is 0 Å². The number of aryl methyl sites for hydroxylation is 1. The summed E-state index contributed by atoms with van der Waals surface area (Å²) in [6.07, 6.45) is 6.45. The molecule has 5 heteroatoms. The van der Waals surface area contributed by atoms with E-state index in [0.717, 1.165) is 37.0 Å². The smallest absolute Gasteiger partial charge is 0.335 e. The molecule has 5 nitrogen and oxygen atoms in total. The van der Waals surface area contributed by atoms with E-state index in [0.29, 0.717) is 11.5 Å². The number of hydroxylamine groups is 1. The van der Waals surface area contributed by atoms with E-state index in [4.69, 9.17) is 14.7 Å². The number of nitrogens with one attached hydrogen (secondary N) is 1. The number of hydrogen-bond donors (Lipinski definition) is 2. The van der Waals surface area contributed by atoms with Gasteiger partial charge in [0.1, 0.15) is 0 Å². The van der Waals surface area contributed by atoms with Crippen LogP contribution in [0.15, 0.2) is 66.4 Å². The summed E-state index contributed by atoms with van der Waals surface area (Å²) in [4.78, 5) is 16.6. The summed E-state index contributed by atoms with van der Waals surface area (Å²) in [5.74, 6) is 0.251. The van der Waals surface area contributed by atoms with Gasteiger partial charge < -0.3 is 14.7 Å². The molecule has 0 amide bonds. The number of rotatable bonds is 7. The van der Waals surface area contributed by atoms with E-state index in [2.05, 4.69) is 5.48 Å². The van der Waals surface area contributed by atoms with Crippen LogP contribution in [0.4, 0.5) is 0 Å². The average molecular weight is 365 g/mol. The monoisotopic (exact) mass is 365 g/mol. The normalized spacial score (nSPS) is 24.9. The maximum atomic E-state index is 11.0. The summed E-state index contributed by atoms with van der Waals surface area (Å²) in [7, 11) is 0. The lowest BCUT2D eigenvalue weighted by Crippen LogP contribution is -2.23. The molecule has 2 aromatic rings. The van der Waals surface area contributed by atoms with Crippen LogP contribution in [0.25, 0.3) is 0 Å². The molecule has 2 saturated heterocycles. The standard InChI is InChI=1S/C22H23NO4/c24-22(25)16-9-6-15(7-10-16)8-11-18-19(21-13-12-20(18)26-21)14-23-27-17-4-2-1-3-5-17/h1-7,9-10,14,18,20-21,23H,8,11-13H2,(H,24,25). The number of ether oxygens (including phenoxy) is 1. The van der Waals surface area contributed by atoms with E-state index < -0.39 is 5.97 Å². The average Bonchev–Trinajstić information content (AvgIpc) is 3.29. The second-order valence-corrected chi connectivity index (χ2v) is 7.07. The van der Waals surface area contributed by atoms with Gasteiger partial charge in [-0.05, 0) is 61.1 Å². The first-order valence-corrected chi connectivity index (χ1v) is 9.36. The predicted molar refractivity (Wildman–Crippen MR) is 101 cm³/mol. The summed E-state index contributed by atoms with van der Waals surface area (Å²) in [6, 6.07) is 16.8. The van der Waals surface area contributed by atoms with E-state index in [9.17, 15) is 4.79 Å². The van der Waals surface area contributed by atoms with Gasteiger partial charge in [-0.3, -0.25) is 0 Å². The lowest BCUT2D eigenvalue weighted by molar-refractivity contribution is 0.0697. The Labute approximate surface area is 158 Å². The summed E-state index contributed by atoms with van der Waals surface area (Å²) < 4.78 is 6.10. The Morgan fingerprint density at radius 3 is 2.67 bits per heavy atom. The molecule has 2 fully saturated rings. The van der Waals surface area contributed by atoms with Crippen molar-refractivity contribution in [3.8, 4) is 5.75 Å². The van der Waals surface area contributed by atoms with Gasteiger partial charge in [-0.1, -0.05) is 30.3 Å². The first kappa shape index (κ1) is 17.6. The van der Waals surface area contributed by atoms with Gasteiger partial charge in [-0.15, -0.1) is 0 Å². The third-order valence-corrected chi connectivity index (χ3v) is 5.39. The van der Waals surface area contributed by atoms with Gasteiger partial charge in [0.15, 0.2) is 5.75 Å². The van der Waals surface area contributed by atoms with E-state index in [1.165, 1.54) is 5.57 Å². The fourth-order valence-electron chi connectivity index (χ4n) is 4.00. The highest BCUT2D eigenvalue weighted by Gasteiger charge is 2.44. The number of carboxylic acid groups (broad SMARTS) is 1. The zero-order valence-corrected chi connectivity index (χ0v) is 15.0. The Morgan fingerprint density at radius 2 is 1.93 bits per heavy atom. The second-order valence-electron chi connectivity index (χ2n) is 7.07. The van der Waals surface area contributed by atoms with E-state index in [-0.39, 0.29) is 12.2 Å². The van der Waals surface area contributed by atoms with Crippen molar-refractivity contribution < 1.29 is 19.5 Å². The van der Waals surface area contributed by atoms with Crippen LogP contribution in [0.5, 0.6) is 5.75 Å². The SMILES string of the molecule is O=C(O)c1ccc(CCC2C(=CNOc3ccccc3)C3CCC2O3)cc1. The van der Waals surface area contributed by atoms with Gasteiger partial charge in [-0.25, -0.2) is 10.3 Å². The quantitative estimate of drug-likeness (QED) is 0.727. The van der Waals surface area contributed by atoms with Crippen LogP contribution < -0.4 is 10.3 Å². The Bertz CT molecular complexity index is 816. The Balaban J connectivity index is 1.38. The fraction of sp³-hybridized carbons (Fsp3) is 0.318. The minimum absolute atomic E-state index is 0.182. The molecule has 0 radical (unpaired) electrons. The third-order valence-electron chi connectivity index (χ3n) is 5.39. The van der Waals surface area contributed by atoms with Crippen LogP contribution in [0.1, 0.15) is 35.2 Å². The fourth-order valence-corrected chi connectivity index (χ4v) is 4.00. The van der Waals surface area contributed by atoms with Crippen molar-refractivity contribution in [3.05, 3.63) is 77.5 Å². The third kappa shape index (κ3) is 3.98. The van der Waals surface area contributed by atoms with Crippen molar-refractivity contribution >= 4 is 5.97 Å². The second kappa shape index (κ2) is 7.84. The van der Waals surface area contributed by atoms with Gasteiger partial charge in [0.05, 0.1) is 17.8 Å². The highest BCUT2D eigenvalue weighted by Crippen LogP contribution is 2.44. The number of aromatic carboxylic acids is 1. The van der Waals surface area contributed by atoms with Crippen LogP contribution in [-0.2, 0) is 11.2 Å². The molecule has 2 heterocycles. The van der Waals surface area contributed by atoms with Crippen molar-refractivity contribution in [3.63, 3.8) is 0 Å². The molecular formula is C22H23NO4. The summed E-state index contributed by atoms with van der Waals surface area (Å²) in [5, 5.41) is 9.01. The van der Waals surface area contributed by atoms with Crippen LogP contribution in [0, 0.1) is 5.92 Å². The van der Waals surface area contributed by atoms with Crippen molar-refractivity contribution in [2.75, 3.05) is 0 Å². The highest BCUT2D eigenvalue weighted by molar-refractivity contribution is 5.87. The maximum Gasteiger partial charge on any atom is 0.335 e. The number of fused-ring (bicyclic) bond motifs is 2. The van der Waals surface area contributed by atoms with Gasteiger partial charge >= 0.3 is 5.97 Å². The Kier molecular flexibility index (Phi) is 5.12. The van der Waals surface area contributed by atoms with Crippen LogP contribution in [0.3, 0.4) is 0 Å². The molecule has 2 bridgehead atoms. The minimum atomic E-state index is -0.891. The number of carboxylic acids is 1. The molecule has 27 heavy (non-hydrogen) atoms. The van der Waals surface area contributed by atoms with Crippen molar-refractivity contribution in [2.45, 2.75) is 37.9 Å². The molecule has 0 aromatic heterocycles. The highest BCUT2D eigenvalue weighted by atomic mass is 16.6. The molecule has 0 spiro atoms. The van der Waals surface area contributed by atoms with Crippen LogP contribution >= 0.6 is 0 Å². The van der Waals surface area contributed by atoms with Gasteiger partial charge in [0.2, 0.25) is 0 Å². The maximum absolute atomic E-state index is 11.0. The number of carbonyl (C=O) groups is 1. The molecule has 3 unspecified atom stereocenters. The first-order chi connectivity index (χ1) is 13.2. The summed E-state index contributed by atoms with van der Waals surface area (Å²) >= 11 is 0. The molecular weight excluding hydrogens is 342 g/mol. The van der Waals surface area contributed by atoms with Crippen molar-refractivity contribution in [1.82, 2.24) is 5.48 Å². The Morgan fingerprint density at radius 1 is 1.15 bits per heavy atom. The lowest BCUT2D eigenvalue weighted by atomic mass is 9.81. The Hall–Kier alpha value is -2.79. The number of hydrogen-bond acceptors (Lipinski definition) is 4. The van der Waals surface area contributed by atoms with Crippen molar-refractivity contribution in [1.29, 1.82) is 0 Å². The molecule has 2 aliphatic rings. The van der Waals surface area contributed by atoms with Gasteiger partial charge in [-0.2, -0.15) is 0 Å². The molecule has 3 atom stereocenters. The molecule has 0 saturated carbocycles. The molecule has 140 valence electrons. The number of para-hydroxylation sites is 1. The largest absolute Gasteiger partial charge is 0.478 e. The number of benzene rings is 2. The lowest BCUT2D eigenvalue weighted by Gasteiger charge is -2.22. The summed E-state index contributed by atoms with van der Waals surface area (Å²) in [6.45, 7) is 0. The molecule has 2 aliphatic heterocycles. The van der Waals surface area contributed by atoms with E-state index in [1.54, 1.807) is 12.1 Å². The topological polar surface area (TPSA) is 67.8 Å². The zero-order chi connectivity index (χ0) is 18.6. The first-order valence-electron chi connectivity index (χ1n) is 9.36. The molecule has 0 aliphatic carbocycles. The zero-order valence-electron chi connectivity index (χ0n) is 15.0. The van der Waals surface area contributed by atoms with Crippen molar-refractivity contribution in [2.24, 2.45) is 5.92 Å². The van der Waals surface area contributed by atoms with E-state index in [1.807, 2.05) is 48.7 Å². The predicted octanol–water partition coefficient (Wildman–Crippen LogP) is 3.96. The molecule has 4 rings (SSSR count). The minimum Gasteiger partial charge on any atom is -0.478 e. The molecule has 2 aromatic carbocycles.